The number of aromatic nitrogens is 2. The van der Waals surface area contributed by atoms with Gasteiger partial charge in [-0.2, -0.15) is 5.10 Å². The third-order valence-corrected chi connectivity index (χ3v) is 4.29. The molecule has 0 spiro atoms. The number of likely N-dealkylation sites (tertiary alicyclic amines) is 1. The molecular weight excluding hydrogens is 322 g/mol. The molecule has 0 aliphatic carbocycles. The smallest absolute Gasteiger partial charge is 0.267 e. The fraction of sp³-hybridized carbons (Fsp3) is 0.389. The summed E-state index contributed by atoms with van der Waals surface area (Å²) in [6, 6.07) is 8.47. The second kappa shape index (κ2) is 7.38. The van der Waals surface area contributed by atoms with Gasteiger partial charge in [0.25, 0.3) is 5.56 Å². The highest BCUT2D eigenvalue weighted by Crippen LogP contribution is 2.31. The molecule has 1 aromatic carbocycles. The van der Waals surface area contributed by atoms with Gasteiger partial charge in [-0.1, -0.05) is 0 Å². The van der Waals surface area contributed by atoms with Crippen LogP contribution < -0.4 is 15.0 Å². The number of amides is 1. The van der Waals surface area contributed by atoms with Crippen LogP contribution in [0.3, 0.4) is 0 Å². The lowest BCUT2D eigenvalue weighted by Gasteiger charge is -2.16. The van der Waals surface area contributed by atoms with E-state index >= 15 is 0 Å². The Morgan fingerprint density at radius 3 is 2.48 bits per heavy atom. The van der Waals surface area contributed by atoms with Crippen molar-refractivity contribution in [1.29, 1.82) is 0 Å². The van der Waals surface area contributed by atoms with Gasteiger partial charge in [-0.15, -0.1) is 0 Å². The highest BCUT2D eigenvalue weighted by atomic mass is 16.5. The van der Waals surface area contributed by atoms with Crippen LogP contribution in [0.2, 0.25) is 0 Å². The van der Waals surface area contributed by atoms with E-state index in [2.05, 4.69) is 5.10 Å². The van der Waals surface area contributed by atoms with Crippen molar-refractivity contribution in [2.45, 2.75) is 19.4 Å². The zero-order chi connectivity index (χ0) is 17.8. The molecule has 7 heteroatoms. The Morgan fingerprint density at radius 2 is 1.80 bits per heavy atom. The second-order valence-corrected chi connectivity index (χ2v) is 5.87. The van der Waals surface area contributed by atoms with Gasteiger partial charge in [-0.05, 0) is 37.1 Å². The van der Waals surface area contributed by atoms with Gasteiger partial charge in [-0.3, -0.25) is 9.59 Å². The average Bonchev–Trinajstić information content (AvgIpc) is 3.17. The zero-order valence-corrected chi connectivity index (χ0v) is 14.4. The SMILES string of the molecule is COc1ccc(-c2ccc(=O)n(CC(=O)N3CCCC3)n2)cc1OC. The van der Waals surface area contributed by atoms with Crippen LogP contribution in [0.15, 0.2) is 35.1 Å². The number of ether oxygens (including phenoxy) is 2. The Labute approximate surface area is 145 Å². The molecule has 25 heavy (non-hydrogen) atoms. The molecule has 3 rings (SSSR count). The summed E-state index contributed by atoms with van der Waals surface area (Å²) in [5.74, 6) is 1.12. The Hall–Kier alpha value is -2.83. The van der Waals surface area contributed by atoms with Gasteiger partial charge in [0, 0.05) is 24.7 Å². The second-order valence-electron chi connectivity index (χ2n) is 5.87. The van der Waals surface area contributed by atoms with E-state index in [1.54, 1.807) is 37.3 Å². The molecule has 1 aromatic heterocycles. The summed E-state index contributed by atoms with van der Waals surface area (Å²) in [5, 5.41) is 4.35. The minimum absolute atomic E-state index is 0.0417. The normalized spacial score (nSPS) is 13.8. The van der Waals surface area contributed by atoms with Crippen molar-refractivity contribution in [2.24, 2.45) is 0 Å². The van der Waals surface area contributed by atoms with Gasteiger partial charge < -0.3 is 14.4 Å². The Bertz CT molecular complexity index is 825. The fourth-order valence-corrected chi connectivity index (χ4v) is 2.91. The van der Waals surface area contributed by atoms with E-state index in [0.717, 1.165) is 31.5 Å². The van der Waals surface area contributed by atoms with Crippen molar-refractivity contribution >= 4 is 5.91 Å². The number of hydrogen-bond donors (Lipinski definition) is 0. The van der Waals surface area contributed by atoms with Crippen LogP contribution in [0.4, 0.5) is 0 Å². The van der Waals surface area contributed by atoms with E-state index in [1.807, 2.05) is 6.07 Å². The quantitative estimate of drug-likeness (QED) is 0.823. The predicted molar refractivity (Wildman–Crippen MR) is 92.9 cm³/mol. The predicted octanol–water partition coefficient (Wildman–Crippen LogP) is 1.55. The molecule has 1 aliphatic heterocycles. The molecule has 7 nitrogen and oxygen atoms in total. The summed E-state index contributed by atoms with van der Waals surface area (Å²) in [6.07, 6.45) is 2.03. The molecule has 0 radical (unpaired) electrons. The molecule has 0 N–H and O–H groups in total. The first-order valence-corrected chi connectivity index (χ1v) is 8.20. The number of nitrogens with zero attached hydrogens (tertiary/aromatic N) is 3. The summed E-state index contributed by atoms with van der Waals surface area (Å²) in [6.45, 7) is 1.46. The van der Waals surface area contributed by atoms with Gasteiger partial charge in [0.1, 0.15) is 6.54 Å². The first-order valence-electron chi connectivity index (χ1n) is 8.20. The van der Waals surface area contributed by atoms with E-state index in [4.69, 9.17) is 9.47 Å². The minimum atomic E-state index is -0.295. The molecule has 0 saturated carbocycles. The molecule has 2 heterocycles. The summed E-state index contributed by atoms with van der Waals surface area (Å²) < 4.78 is 11.7. The Balaban J connectivity index is 1.88. The lowest BCUT2D eigenvalue weighted by Crippen LogP contribution is -2.35. The zero-order valence-electron chi connectivity index (χ0n) is 14.4. The summed E-state index contributed by atoms with van der Waals surface area (Å²) >= 11 is 0. The molecule has 1 saturated heterocycles. The van der Waals surface area contributed by atoms with Crippen LogP contribution in [0.25, 0.3) is 11.3 Å². The maximum absolute atomic E-state index is 12.3. The van der Waals surface area contributed by atoms with Gasteiger partial charge >= 0.3 is 0 Å². The number of methoxy groups -OCH3 is 2. The lowest BCUT2D eigenvalue weighted by atomic mass is 10.1. The van der Waals surface area contributed by atoms with Gasteiger partial charge in [0.15, 0.2) is 11.5 Å². The highest BCUT2D eigenvalue weighted by Gasteiger charge is 2.19. The van der Waals surface area contributed by atoms with Crippen LogP contribution in [0, 0.1) is 0 Å². The van der Waals surface area contributed by atoms with E-state index in [0.29, 0.717) is 17.2 Å². The van der Waals surface area contributed by atoms with Gasteiger partial charge in [0.05, 0.1) is 19.9 Å². The van der Waals surface area contributed by atoms with Crippen molar-refractivity contribution in [2.75, 3.05) is 27.3 Å². The maximum atomic E-state index is 12.3. The largest absolute Gasteiger partial charge is 0.493 e. The Kier molecular flexibility index (Phi) is 5.02. The van der Waals surface area contributed by atoms with Crippen LogP contribution in [0.5, 0.6) is 11.5 Å². The topological polar surface area (TPSA) is 73.7 Å². The lowest BCUT2D eigenvalue weighted by molar-refractivity contribution is -0.131. The minimum Gasteiger partial charge on any atom is -0.493 e. The van der Waals surface area contributed by atoms with E-state index in [-0.39, 0.29) is 18.0 Å². The summed E-state index contributed by atoms with van der Waals surface area (Å²) in [7, 11) is 3.13. The van der Waals surface area contributed by atoms with E-state index in [1.165, 1.54) is 10.7 Å². The number of benzene rings is 1. The van der Waals surface area contributed by atoms with Crippen molar-refractivity contribution in [3.05, 3.63) is 40.7 Å². The third-order valence-electron chi connectivity index (χ3n) is 4.29. The monoisotopic (exact) mass is 343 g/mol. The third kappa shape index (κ3) is 3.65. The molecule has 0 unspecified atom stereocenters. The molecule has 1 fully saturated rings. The molecule has 132 valence electrons. The molecule has 0 atom stereocenters. The average molecular weight is 343 g/mol. The molecule has 1 aliphatic rings. The summed E-state index contributed by atoms with van der Waals surface area (Å²) in [4.78, 5) is 26.1. The molecule has 1 amide bonds. The highest BCUT2D eigenvalue weighted by molar-refractivity contribution is 5.76. The summed E-state index contributed by atoms with van der Waals surface area (Å²) in [5.41, 5.74) is 1.08. The van der Waals surface area contributed by atoms with Crippen LogP contribution in [-0.4, -0.2) is 47.9 Å². The van der Waals surface area contributed by atoms with Crippen molar-refractivity contribution in [1.82, 2.24) is 14.7 Å². The maximum Gasteiger partial charge on any atom is 0.267 e. The number of rotatable bonds is 5. The van der Waals surface area contributed by atoms with Gasteiger partial charge in [0.2, 0.25) is 5.91 Å². The Morgan fingerprint density at radius 1 is 1.08 bits per heavy atom. The first kappa shape index (κ1) is 17.0. The number of hydrogen-bond acceptors (Lipinski definition) is 5. The number of carbonyl (C=O) groups is 1. The first-order chi connectivity index (χ1) is 12.1. The van der Waals surface area contributed by atoms with Crippen LogP contribution >= 0.6 is 0 Å². The standard InChI is InChI=1S/C18H21N3O4/c1-24-15-7-5-13(11-16(15)25-2)14-6-8-17(22)21(19-14)12-18(23)20-9-3-4-10-20/h5-8,11H,3-4,9-10,12H2,1-2H3. The van der Waals surface area contributed by atoms with Crippen molar-refractivity contribution in [3.8, 4) is 22.8 Å². The van der Waals surface area contributed by atoms with Crippen LogP contribution in [0.1, 0.15) is 12.8 Å². The van der Waals surface area contributed by atoms with Crippen molar-refractivity contribution in [3.63, 3.8) is 0 Å². The van der Waals surface area contributed by atoms with E-state index < -0.39 is 0 Å². The molecular formula is C18H21N3O4. The van der Waals surface area contributed by atoms with Gasteiger partial charge in [-0.25, -0.2) is 4.68 Å². The fourth-order valence-electron chi connectivity index (χ4n) is 2.91. The molecule has 0 bridgehead atoms. The van der Waals surface area contributed by atoms with E-state index in [9.17, 15) is 9.59 Å². The number of carbonyl (C=O) groups excluding carboxylic acids is 1. The molecule has 2 aromatic rings. The van der Waals surface area contributed by atoms with Crippen molar-refractivity contribution < 1.29 is 14.3 Å². The van der Waals surface area contributed by atoms with Crippen LogP contribution in [-0.2, 0) is 11.3 Å².